The molecule has 6 aromatic carbocycles. The van der Waals surface area contributed by atoms with E-state index in [-0.39, 0.29) is 22.9 Å². The van der Waals surface area contributed by atoms with Gasteiger partial charge in [0.15, 0.2) is 23.3 Å². The van der Waals surface area contributed by atoms with Crippen molar-refractivity contribution in [1.82, 2.24) is 68.9 Å². The number of hydrogen-bond acceptors (Lipinski definition) is 13. The average molecular weight is 1070 g/mol. The Balaban J connectivity index is 1.23. The average Bonchev–Trinajstić information content (AvgIpc) is 3.02. The van der Waals surface area contributed by atoms with E-state index in [2.05, 4.69) is 65.9 Å². The highest BCUT2D eigenvalue weighted by molar-refractivity contribution is 6.14. The quantitative estimate of drug-likeness (QED) is 0.137. The number of aromatic nitrogens is 14. The third-order valence-electron chi connectivity index (χ3n) is 13.6. The molecule has 394 valence electrons. The van der Waals surface area contributed by atoms with Crippen LogP contribution < -0.4 is 0 Å². The second-order valence-corrected chi connectivity index (χ2v) is 19.4. The van der Waals surface area contributed by atoms with Gasteiger partial charge in [-0.05, 0) is 164 Å². The summed E-state index contributed by atoms with van der Waals surface area (Å²) in [7, 11) is 0. The first-order chi connectivity index (χ1) is 38.1. The van der Waals surface area contributed by atoms with Gasteiger partial charge in [-0.2, -0.15) is 31.6 Å². The molecule has 6 aromatic heterocycles. The minimum Gasteiger partial charge on any atom is -0.307 e. The lowest BCUT2D eigenvalue weighted by Gasteiger charge is -2.20. The minimum absolute atomic E-state index is 0.0673. The van der Waals surface area contributed by atoms with Crippen LogP contribution in [0.25, 0.3) is 112 Å². The van der Waals surface area contributed by atoms with Gasteiger partial charge < -0.3 is 9.13 Å². The molecule has 0 aliphatic rings. The number of nitriles is 1. The number of hydrogen-bond donors (Lipinski definition) is 0. The van der Waals surface area contributed by atoms with Crippen LogP contribution in [0.1, 0.15) is 63.3 Å². The molecule has 0 N–H and O–H groups in total. The second-order valence-electron chi connectivity index (χ2n) is 19.4. The van der Waals surface area contributed by atoms with Crippen LogP contribution in [0.2, 0.25) is 0 Å². The molecule has 0 radical (unpaired) electrons. The summed E-state index contributed by atoms with van der Waals surface area (Å²) >= 11 is 0. The van der Waals surface area contributed by atoms with Crippen LogP contribution in [0.3, 0.4) is 0 Å². The van der Waals surface area contributed by atoms with Gasteiger partial charge in [0, 0.05) is 49.4 Å². The Bertz CT molecular complexity index is 4320. The van der Waals surface area contributed by atoms with Crippen LogP contribution in [0.15, 0.2) is 103 Å². The van der Waals surface area contributed by atoms with E-state index in [9.17, 15) is 31.6 Å². The Labute approximate surface area is 450 Å². The lowest BCUT2D eigenvalue weighted by Crippen LogP contribution is -2.11. The Morgan fingerprint density at radius 1 is 0.338 bits per heavy atom. The largest absolute Gasteiger partial charge is 0.416 e. The van der Waals surface area contributed by atoms with Crippen molar-refractivity contribution in [2.45, 2.75) is 67.7 Å². The maximum atomic E-state index is 14.7. The van der Waals surface area contributed by atoms with Gasteiger partial charge in [-0.1, -0.05) is 0 Å². The molecule has 0 fully saturated rings. The van der Waals surface area contributed by atoms with Crippen LogP contribution in [-0.4, -0.2) is 68.9 Å². The van der Waals surface area contributed by atoms with E-state index in [0.29, 0.717) is 154 Å². The summed E-state index contributed by atoms with van der Waals surface area (Å²) < 4.78 is 92.0. The minimum atomic E-state index is -5.18. The summed E-state index contributed by atoms with van der Waals surface area (Å²) in [4.78, 5) is 54.8. The van der Waals surface area contributed by atoms with E-state index in [1.807, 2.05) is 81.9 Å². The smallest absolute Gasteiger partial charge is 0.307 e. The summed E-state index contributed by atoms with van der Waals surface area (Å²) in [5, 5.41) is 13.9. The van der Waals surface area contributed by atoms with E-state index in [1.165, 1.54) is 12.1 Å². The number of alkyl halides is 6. The van der Waals surface area contributed by atoms with Gasteiger partial charge in [0.1, 0.15) is 46.6 Å². The molecule has 0 bridgehead atoms. The van der Waals surface area contributed by atoms with Gasteiger partial charge in [0.05, 0.1) is 56.2 Å². The first-order valence-electron chi connectivity index (χ1n) is 24.9. The Morgan fingerprint density at radius 3 is 0.875 bits per heavy atom. The zero-order valence-electron chi connectivity index (χ0n) is 43.8. The maximum absolute atomic E-state index is 14.7. The molecular weight excluding hydrogens is 1030 g/mol. The van der Waals surface area contributed by atoms with Crippen LogP contribution in [0.4, 0.5) is 26.3 Å². The molecule has 15 nitrogen and oxygen atoms in total. The Kier molecular flexibility index (Phi) is 11.8. The number of aryl methyl sites for hydroxylation is 8. The van der Waals surface area contributed by atoms with Crippen LogP contribution in [0.5, 0.6) is 0 Å². The third kappa shape index (κ3) is 9.03. The van der Waals surface area contributed by atoms with Gasteiger partial charge in [0.25, 0.3) is 0 Å². The molecular formula is C59H41F6N15. The van der Waals surface area contributed by atoms with Crippen molar-refractivity contribution in [1.29, 1.82) is 5.26 Å². The zero-order valence-corrected chi connectivity index (χ0v) is 43.8. The van der Waals surface area contributed by atoms with Crippen molar-refractivity contribution < 1.29 is 26.3 Å². The topological polar surface area (TPSA) is 188 Å². The number of rotatable bonds is 7. The summed E-state index contributed by atoms with van der Waals surface area (Å²) in [5.41, 5.74) is 1.58. The second kappa shape index (κ2) is 18.6. The zero-order chi connectivity index (χ0) is 56.3. The highest BCUT2D eigenvalue weighted by atomic mass is 19.4. The van der Waals surface area contributed by atoms with Crippen LogP contribution in [0, 0.1) is 66.7 Å². The van der Waals surface area contributed by atoms with Gasteiger partial charge in [0.2, 0.25) is 0 Å². The monoisotopic (exact) mass is 1070 g/mol. The molecule has 0 aliphatic heterocycles. The highest BCUT2D eigenvalue weighted by Crippen LogP contribution is 2.45. The summed E-state index contributed by atoms with van der Waals surface area (Å²) in [6, 6.07) is 29.0. The molecule has 80 heavy (non-hydrogen) atoms. The van der Waals surface area contributed by atoms with Crippen LogP contribution >= 0.6 is 0 Å². The van der Waals surface area contributed by atoms with Gasteiger partial charge in [-0.15, -0.1) is 0 Å². The van der Waals surface area contributed by atoms with E-state index in [4.69, 9.17) is 0 Å². The lowest BCUT2D eigenvalue weighted by atomic mass is 9.94. The number of fused-ring (bicyclic) bond motifs is 6. The van der Waals surface area contributed by atoms with Gasteiger partial charge in [-0.3, -0.25) is 0 Å². The predicted molar refractivity (Wildman–Crippen MR) is 288 cm³/mol. The summed E-state index contributed by atoms with van der Waals surface area (Å²) in [6.45, 7) is 14.1. The van der Waals surface area contributed by atoms with Gasteiger partial charge >= 0.3 is 12.4 Å². The molecule has 0 atom stereocenters. The first kappa shape index (κ1) is 50.8. The highest BCUT2D eigenvalue weighted by Gasteiger charge is 2.38. The van der Waals surface area contributed by atoms with Crippen molar-refractivity contribution in [2.24, 2.45) is 0 Å². The number of benzene rings is 6. The normalized spacial score (nSPS) is 12.1. The van der Waals surface area contributed by atoms with Crippen molar-refractivity contribution in [3.63, 3.8) is 0 Å². The van der Waals surface area contributed by atoms with E-state index < -0.39 is 29.0 Å². The van der Waals surface area contributed by atoms with Crippen molar-refractivity contribution >= 4 is 43.6 Å². The molecule has 0 amide bonds. The fourth-order valence-electron chi connectivity index (χ4n) is 10.5. The first-order valence-corrected chi connectivity index (χ1v) is 24.9. The maximum Gasteiger partial charge on any atom is 0.416 e. The van der Waals surface area contributed by atoms with Crippen molar-refractivity contribution in [2.75, 3.05) is 0 Å². The molecule has 6 heterocycles. The molecule has 12 rings (SSSR count). The number of nitrogens with zero attached hydrogens (tertiary/aromatic N) is 15. The Morgan fingerprint density at radius 2 is 0.613 bits per heavy atom. The molecule has 0 unspecified atom stereocenters. The standard InChI is InChI=1S/C59H41F6N15/c1-27-67-28(2)72-54(71-27)35-9-13-48-44(19-35)45-20-36(55-73-29(3)68-30(4)74-55)10-14-49(45)79(48)52-23-40(26-66)43(39-17-41(58(60,61)62)24-42(18-39)59(63,64)65)25-53(52)80-50-15-11-37(56-75-31(5)69-32(6)76-56)21-46(50)47-22-38(12-16-51(47)80)57-77-33(7)70-34(8)78-57/h9-25H,1-8H3. The van der Waals surface area contributed by atoms with E-state index in [0.717, 1.165) is 0 Å². The number of halogens is 6. The fraction of sp³-hybridized carbons (Fsp3) is 0.169. The molecule has 0 spiro atoms. The summed E-state index contributed by atoms with van der Waals surface area (Å²) in [6.07, 6.45) is -10.4. The van der Waals surface area contributed by atoms with Crippen LogP contribution in [-0.2, 0) is 12.4 Å². The molecule has 12 aromatic rings. The third-order valence-corrected chi connectivity index (χ3v) is 13.6. The fourth-order valence-corrected chi connectivity index (χ4v) is 10.5. The van der Waals surface area contributed by atoms with E-state index >= 15 is 0 Å². The van der Waals surface area contributed by atoms with E-state index in [1.54, 1.807) is 55.4 Å². The summed E-state index contributed by atoms with van der Waals surface area (Å²) in [5.74, 6) is 5.68. The van der Waals surface area contributed by atoms with Gasteiger partial charge in [-0.25, -0.2) is 59.8 Å². The van der Waals surface area contributed by atoms with Crippen molar-refractivity contribution in [3.05, 3.63) is 166 Å². The molecule has 0 aliphatic carbocycles. The SMILES string of the molecule is Cc1nc(C)nc(-c2ccc3c(c2)c2cc(-c4nc(C)nc(C)n4)ccc2n3-c2cc(C#N)c(-c3cc(C(F)(F)F)cc(C(F)(F)F)c3)cc2-n2c3ccc(-c4nc(C)nc(C)n4)cc3c3cc(-c4nc(C)nc(C)n4)ccc32)n1. The molecule has 21 heteroatoms. The van der Waals surface area contributed by atoms with Crippen molar-refractivity contribution in [3.8, 4) is 74.1 Å². The molecule has 0 saturated heterocycles. The lowest BCUT2D eigenvalue weighted by molar-refractivity contribution is -0.143. The Hall–Kier alpha value is -9.97. The predicted octanol–water partition coefficient (Wildman–Crippen LogP) is 13.3. The molecule has 0 saturated carbocycles.